The number of hydrogen-bond acceptors (Lipinski definition) is 6. The summed E-state index contributed by atoms with van der Waals surface area (Å²) in [5.74, 6) is 1.27. The molecule has 3 aromatic heterocycles. The molecule has 0 aromatic carbocycles. The van der Waals surface area contributed by atoms with E-state index in [0.717, 1.165) is 31.8 Å². The summed E-state index contributed by atoms with van der Waals surface area (Å²) in [6.45, 7) is 2.83. The molecule has 1 saturated heterocycles. The molecule has 1 atom stereocenters. The van der Waals surface area contributed by atoms with Crippen LogP contribution in [0.1, 0.15) is 34.9 Å². The molecule has 4 rings (SSSR count). The molecule has 1 fully saturated rings. The number of amides is 1. The van der Waals surface area contributed by atoms with E-state index in [9.17, 15) is 4.79 Å². The highest BCUT2D eigenvalue weighted by atomic mass is 16.5. The fourth-order valence-corrected chi connectivity index (χ4v) is 3.49. The number of pyridine rings is 1. The first kappa shape index (κ1) is 16.6. The number of imidazole rings is 1. The number of carbonyl (C=O) groups excluding carboxylic acids is 1. The van der Waals surface area contributed by atoms with Crippen LogP contribution in [0.25, 0.3) is 5.65 Å². The molecule has 3 aromatic rings. The summed E-state index contributed by atoms with van der Waals surface area (Å²) in [7, 11) is 1.69. The number of hydrogen-bond donors (Lipinski definition) is 0. The van der Waals surface area contributed by atoms with Crippen LogP contribution in [0.15, 0.2) is 30.7 Å². The van der Waals surface area contributed by atoms with Crippen molar-refractivity contribution < 1.29 is 9.53 Å². The van der Waals surface area contributed by atoms with Crippen molar-refractivity contribution in [2.45, 2.75) is 25.3 Å². The Labute approximate surface area is 150 Å². The van der Waals surface area contributed by atoms with Crippen LogP contribution in [0.4, 0.5) is 0 Å². The fraction of sp³-hybridized carbons (Fsp3) is 0.471. The van der Waals surface area contributed by atoms with Crippen molar-refractivity contribution in [3.05, 3.63) is 42.1 Å². The number of carbonyl (C=O) groups is 1. The topological polar surface area (TPSA) is 90.4 Å². The third-order valence-corrected chi connectivity index (χ3v) is 4.80. The Balaban J connectivity index is 1.51. The zero-order chi connectivity index (χ0) is 17.9. The van der Waals surface area contributed by atoms with Crippen LogP contribution in [-0.2, 0) is 11.3 Å². The SMILES string of the molecule is COCCn1ccnc1[C@H]1CCCN(C(=O)c2ccn3nnnc3c2)C1. The Morgan fingerprint density at radius 2 is 2.31 bits per heavy atom. The van der Waals surface area contributed by atoms with E-state index >= 15 is 0 Å². The van der Waals surface area contributed by atoms with Gasteiger partial charge in [0.15, 0.2) is 5.65 Å². The normalized spacial score (nSPS) is 17.7. The van der Waals surface area contributed by atoms with E-state index < -0.39 is 0 Å². The molecule has 0 aliphatic carbocycles. The average Bonchev–Trinajstić information content (AvgIpc) is 3.34. The first-order chi connectivity index (χ1) is 12.8. The molecule has 26 heavy (non-hydrogen) atoms. The van der Waals surface area contributed by atoms with E-state index in [2.05, 4.69) is 25.1 Å². The summed E-state index contributed by atoms with van der Waals surface area (Å²) in [5, 5.41) is 11.3. The van der Waals surface area contributed by atoms with E-state index in [0.29, 0.717) is 24.4 Å². The van der Waals surface area contributed by atoms with E-state index in [1.54, 1.807) is 30.0 Å². The predicted octanol–water partition coefficient (Wildman–Crippen LogP) is 0.987. The van der Waals surface area contributed by atoms with Crippen molar-refractivity contribution in [2.24, 2.45) is 0 Å². The Morgan fingerprint density at radius 3 is 3.19 bits per heavy atom. The molecule has 1 amide bonds. The molecule has 9 heteroatoms. The largest absolute Gasteiger partial charge is 0.383 e. The van der Waals surface area contributed by atoms with Gasteiger partial charge in [-0.25, -0.2) is 9.50 Å². The minimum absolute atomic E-state index is 0.00944. The number of tetrazole rings is 1. The third kappa shape index (κ3) is 3.17. The summed E-state index contributed by atoms with van der Waals surface area (Å²) in [6.07, 6.45) is 7.49. The average molecular weight is 355 g/mol. The second kappa shape index (κ2) is 7.20. The Hall–Kier alpha value is -2.81. The monoisotopic (exact) mass is 355 g/mol. The minimum atomic E-state index is 0.00944. The molecule has 0 saturated carbocycles. The quantitative estimate of drug-likeness (QED) is 0.678. The van der Waals surface area contributed by atoms with Crippen molar-refractivity contribution in [3.8, 4) is 0 Å². The lowest BCUT2D eigenvalue weighted by Gasteiger charge is -2.32. The number of likely N-dealkylation sites (tertiary alicyclic amines) is 1. The van der Waals surface area contributed by atoms with Gasteiger partial charge in [0.25, 0.3) is 5.91 Å². The highest BCUT2D eigenvalue weighted by Gasteiger charge is 2.28. The summed E-state index contributed by atoms with van der Waals surface area (Å²) < 4.78 is 8.84. The van der Waals surface area contributed by atoms with Crippen molar-refractivity contribution in [1.82, 2.24) is 34.5 Å². The van der Waals surface area contributed by atoms with Gasteiger partial charge in [0, 0.05) is 56.8 Å². The van der Waals surface area contributed by atoms with Gasteiger partial charge in [-0.05, 0) is 35.4 Å². The number of methoxy groups -OCH3 is 1. The Kier molecular flexibility index (Phi) is 4.61. The number of fused-ring (bicyclic) bond motifs is 1. The zero-order valence-electron chi connectivity index (χ0n) is 14.7. The molecule has 9 nitrogen and oxygen atoms in total. The maximum absolute atomic E-state index is 12.9. The van der Waals surface area contributed by atoms with Gasteiger partial charge in [-0.3, -0.25) is 4.79 Å². The van der Waals surface area contributed by atoms with Gasteiger partial charge in [-0.15, -0.1) is 5.10 Å². The van der Waals surface area contributed by atoms with Gasteiger partial charge in [0.1, 0.15) is 5.82 Å². The van der Waals surface area contributed by atoms with Crippen LogP contribution in [0.2, 0.25) is 0 Å². The highest BCUT2D eigenvalue weighted by molar-refractivity contribution is 5.95. The lowest BCUT2D eigenvalue weighted by Crippen LogP contribution is -2.39. The van der Waals surface area contributed by atoms with Crippen molar-refractivity contribution in [2.75, 3.05) is 26.8 Å². The standard InChI is InChI=1S/C17H21N7O2/c1-26-10-9-22-8-5-18-16(22)14-3-2-6-23(12-14)17(25)13-4-7-24-15(11-13)19-20-21-24/h4-5,7-8,11,14H,2-3,6,9-10,12H2,1H3/t14-/m0/s1. The molecule has 0 unspecified atom stereocenters. The van der Waals surface area contributed by atoms with Crippen molar-refractivity contribution in [1.29, 1.82) is 0 Å². The second-order valence-electron chi connectivity index (χ2n) is 6.46. The maximum Gasteiger partial charge on any atom is 0.254 e. The van der Waals surface area contributed by atoms with Gasteiger partial charge in [0.2, 0.25) is 0 Å². The number of ether oxygens (including phenoxy) is 1. The Bertz CT molecular complexity index is 903. The molecule has 1 aliphatic heterocycles. The van der Waals surface area contributed by atoms with Gasteiger partial charge in [0.05, 0.1) is 6.61 Å². The van der Waals surface area contributed by atoms with Crippen LogP contribution in [0.5, 0.6) is 0 Å². The molecule has 0 spiro atoms. The first-order valence-electron chi connectivity index (χ1n) is 8.73. The smallest absolute Gasteiger partial charge is 0.254 e. The maximum atomic E-state index is 12.9. The number of piperidine rings is 1. The summed E-state index contributed by atoms with van der Waals surface area (Å²) in [5.41, 5.74) is 1.18. The van der Waals surface area contributed by atoms with Crippen LogP contribution in [-0.4, -0.2) is 67.2 Å². The van der Waals surface area contributed by atoms with Crippen LogP contribution in [0.3, 0.4) is 0 Å². The Morgan fingerprint density at radius 1 is 1.38 bits per heavy atom. The van der Waals surface area contributed by atoms with E-state index in [1.165, 1.54) is 0 Å². The minimum Gasteiger partial charge on any atom is -0.383 e. The van der Waals surface area contributed by atoms with Crippen LogP contribution >= 0.6 is 0 Å². The first-order valence-corrected chi connectivity index (χ1v) is 8.73. The molecular weight excluding hydrogens is 334 g/mol. The number of aromatic nitrogens is 6. The highest BCUT2D eigenvalue weighted by Crippen LogP contribution is 2.27. The van der Waals surface area contributed by atoms with E-state index in [4.69, 9.17) is 4.74 Å². The van der Waals surface area contributed by atoms with Gasteiger partial charge in [-0.2, -0.15) is 0 Å². The lowest BCUT2D eigenvalue weighted by molar-refractivity contribution is 0.0702. The third-order valence-electron chi connectivity index (χ3n) is 4.80. The van der Waals surface area contributed by atoms with Crippen molar-refractivity contribution >= 4 is 11.6 Å². The molecule has 4 heterocycles. The number of rotatable bonds is 5. The summed E-state index contributed by atoms with van der Waals surface area (Å²) in [6, 6.07) is 3.49. The predicted molar refractivity (Wildman–Crippen MR) is 92.8 cm³/mol. The van der Waals surface area contributed by atoms with E-state index in [-0.39, 0.29) is 11.8 Å². The summed E-state index contributed by atoms with van der Waals surface area (Å²) in [4.78, 5) is 19.4. The molecule has 0 N–H and O–H groups in total. The zero-order valence-corrected chi connectivity index (χ0v) is 14.7. The molecular formula is C17H21N7O2. The fourth-order valence-electron chi connectivity index (χ4n) is 3.49. The van der Waals surface area contributed by atoms with E-state index in [1.807, 2.05) is 17.3 Å². The number of nitrogens with zero attached hydrogens (tertiary/aromatic N) is 7. The van der Waals surface area contributed by atoms with Crippen molar-refractivity contribution in [3.63, 3.8) is 0 Å². The molecule has 0 bridgehead atoms. The molecule has 136 valence electrons. The molecule has 1 aliphatic rings. The van der Waals surface area contributed by atoms with Gasteiger partial charge < -0.3 is 14.2 Å². The second-order valence-corrected chi connectivity index (χ2v) is 6.46. The van der Waals surface area contributed by atoms with Crippen LogP contribution in [0, 0.1) is 0 Å². The summed E-state index contributed by atoms with van der Waals surface area (Å²) >= 11 is 0. The lowest BCUT2D eigenvalue weighted by atomic mass is 9.96. The molecule has 0 radical (unpaired) electrons. The van der Waals surface area contributed by atoms with Gasteiger partial charge >= 0.3 is 0 Å². The van der Waals surface area contributed by atoms with Crippen LogP contribution < -0.4 is 0 Å². The van der Waals surface area contributed by atoms with Gasteiger partial charge in [-0.1, -0.05) is 0 Å².